The van der Waals surface area contributed by atoms with Crippen LogP contribution in [0.5, 0.6) is 11.5 Å². The molecule has 0 atom stereocenters. The number of hydrogen-bond donors (Lipinski definition) is 0. The van der Waals surface area contributed by atoms with Crippen molar-refractivity contribution in [3.8, 4) is 11.5 Å². The maximum absolute atomic E-state index is 12.7. The molecule has 1 aliphatic rings. The summed E-state index contributed by atoms with van der Waals surface area (Å²) in [5.74, 6) is 0.240. The third-order valence-corrected chi connectivity index (χ3v) is 4.06. The van der Waals surface area contributed by atoms with Crippen molar-refractivity contribution in [1.82, 2.24) is 0 Å². The monoisotopic (exact) mass is 402 g/mol. The van der Waals surface area contributed by atoms with Gasteiger partial charge in [-0.2, -0.15) is 13.2 Å². The van der Waals surface area contributed by atoms with E-state index in [1.807, 2.05) is 0 Å². The number of rotatable bonds is 3. The molecule has 4 nitrogen and oxygen atoms in total. The first-order valence-electron chi connectivity index (χ1n) is 6.77. The van der Waals surface area contributed by atoms with E-state index in [0.29, 0.717) is 21.5 Å². The van der Waals surface area contributed by atoms with Crippen molar-refractivity contribution in [1.29, 1.82) is 0 Å². The van der Waals surface area contributed by atoms with E-state index in [9.17, 15) is 18.0 Å². The number of carbonyl (C=O) groups is 1. The SMILES string of the molecule is O=C(OCc1cc2c(cc1Br)OCO2)c1cccc(C(F)(F)F)c1. The van der Waals surface area contributed by atoms with Gasteiger partial charge in [0.15, 0.2) is 11.5 Å². The molecule has 8 heteroatoms. The van der Waals surface area contributed by atoms with Crippen LogP contribution in [0.15, 0.2) is 40.9 Å². The summed E-state index contributed by atoms with van der Waals surface area (Å²) in [5.41, 5.74) is -0.456. The van der Waals surface area contributed by atoms with Crippen LogP contribution in [0, 0.1) is 0 Å². The van der Waals surface area contributed by atoms with E-state index in [2.05, 4.69) is 15.9 Å². The molecular weight excluding hydrogens is 393 g/mol. The summed E-state index contributed by atoms with van der Waals surface area (Å²) >= 11 is 3.32. The predicted octanol–water partition coefficient (Wildman–Crippen LogP) is 4.55. The zero-order valence-electron chi connectivity index (χ0n) is 12.0. The van der Waals surface area contributed by atoms with Crippen LogP contribution in [-0.2, 0) is 17.5 Å². The van der Waals surface area contributed by atoms with Gasteiger partial charge in [-0.05, 0) is 30.3 Å². The molecule has 0 radical (unpaired) electrons. The minimum atomic E-state index is -4.52. The fourth-order valence-electron chi connectivity index (χ4n) is 2.12. The second-order valence-electron chi connectivity index (χ2n) is 4.95. The molecule has 0 fully saturated rings. The molecule has 0 amide bonds. The van der Waals surface area contributed by atoms with Crippen molar-refractivity contribution in [2.24, 2.45) is 0 Å². The molecule has 2 aromatic rings. The lowest BCUT2D eigenvalue weighted by molar-refractivity contribution is -0.137. The third-order valence-electron chi connectivity index (χ3n) is 3.33. The van der Waals surface area contributed by atoms with Crippen LogP contribution in [-0.4, -0.2) is 12.8 Å². The van der Waals surface area contributed by atoms with Crippen LogP contribution in [0.3, 0.4) is 0 Å². The van der Waals surface area contributed by atoms with Gasteiger partial charge in [-0.15, -0.1) is 0 Å². The minimum absolute atomic E-state index is 0.106. The quantitative estimate of drug-likeness (QED) is 0.706. The Morgan fingerprint density at radius 1 is 1.17 bits per heavy atom. The van der Waals surface area contributed by atoms with Gasteiger partial charge in [0.2, 0.25) is 6.79 Å². The number of alkyl halides is 3. The van der Waals surface area contributed by atoms with Crippen molar-refractivity contribution in [2.75, 3.05) is 6.79 Å². The highest BCUT2D eigenvalue weighted by Gasteiger charge is 2.31. The lowest BCUT2D eigenvalue weighted by atomic mass is 10.1. The molecule has 0 N–H and O–H groups in total. The fraction of sp³-hybridized carbons (Fsp3) is 0.188. The molecule has 0 bridgehead atoms. The van der Waals surface area contributed by atoms with E-state index in [1.165, 1.54) is 6.07 Å². The second-order valence-corrected chi connectivity index (χ2v) is 5.81. The maximum atomic E-state index is 12.7. The van der Waals surface area contributed by atoms with Crippen molar-refractivity contribution in [3.63, 3.8) is 0 Å². The number of esters is 1. The molecule has 1 heterocycles. The molecule has 0 unspecified atom stereocenters. The molecule has 126 valence electrons. The van der Waals surface area contributed by atoms with E-state index in [-0.39, 0.29) is 19.0 Å². The molecule has 1 aliphatic heterocycles. The van der Waals surface area contributed by atoms with Crippen LogP contribution >= 0.6 is 15.9 Å². The highest BCUT2D eigenvalue weighted by Crippen LogP contribution is 2.37. The zero-order chi connectivity index (χ0) is 17.3. The normalized spacial score (nSPS) is 13.0. The van der Waals surface area contributed by atoms with Crippen molar-refractivity contribution in [2.45, 2.75) is 12.8 Å². The van der Waals surface area contributed by atoms with Crippen molar-refractivity contribution >= 4 is 21.9 Å². The molecule has 0 aliphatic carbocycles. The number of benzene rings is 2. The first-order valence-corrected chi connectivity index (χ1v) is 7.56. The van der Waals surface area contributed by atoms with E-state index >= 15 is 0 Å². The van der Waals surface area contributed by atoms with Gasteiger partial charge in [-0.1, -0.05) is 22.0 Å². The number of halogens is 4. The molecule has 3 rings (SSSR count). The molecule has 0 saturated carbocycles. The Labute approximate surface area is 143 Å². The highest BCUT2D eigenvalue weighted by atomic mass is 79.9. The average Bonchev–Trinajstić information content (AvgIpc) is 2.98. The Balaban J connectivity index is 1.72. The van der Waals surface area contributed by atoms with Gasteiger partial charge in [0.25, 0.3) is 0 Å². The number of carbonyl (C=O) groups excluding carboxylic acids is 1. The average molecular weight is 403 g/mol. The first-order chi connectivity index (χ1) is 11.3. The van der Waals surface area contributed by atoms with Gasteiger partial charge in [-0.25, -0.2) is 4.79 Å². The largest absolute Gasteiger partial charge is 0.457 e. The number of hydrogen-bond acceptors (Lipinski definition) is 4. The van der Waals surface area contributed by atoms with Gasteiger partial charge >= 0.3 is 12.1 Å². The summed E-state index contributed by atoms with van der Waals surface area (Å²) in [7, 11) is 0. The molecule has 24 heavy (non-hydrogen) atoms. The van der Waals surface area contributed by atoms with E-state index in [4.69, 9.17) is 14.2 Å². The standard InChI is InChI=1S/C16H10BrF3O4/c17-12-6-14-13(23-8-24-14)5-10(12)7-22-15(21)9-2-1-3-11(4-9)16(18,19)20/h1-6H,7-8H2. The van der Waals surface area contributed by atoms with E-state index in [1.54, 1.807) is 12.1 Å². The van der Waals surface area contributed by atoms with Crippen molar-refractivity contribution in [3.05, 3.63) is 57.6 Å². The Kier molecular flexibility index (Phi) is 4.40. The van der Waals surface area contributed by atoms with Crippen LogP contribution in [0.1, 0.15) is 21.5 Å². The van der Waals surface area contributed by atoms with Gasteiger partial charge in [0.1, 0.15) is 6.61 Å². The maximum Gasteiger partial charge on any atom is 0.416 e. The molecule has 2 aromatic carbocycles. The summed E-state index contributed by atoms with van der Waals surface area (Å²) in [5, 5.41) is 0. The molecular formula is C16H10BrF3O4. The lowest BCUT2D eigenvalue weighted by Crippen LogP contribution is -2.09. The van der Waals surface area contributed by atoms with Crippen LogP contribution < -0.4 is 9.47 Å². The topological polar surface area (TPSA) is 44.8 Å². The molecule has 0 spiro atoms. The first kappa shape index (κ1) is 16.6. The second kappa shape index (κ2) is 6.35. The highest BCUT2D eigenvalue weighted by molar-refractivity contribution is 9.10. The Morgan fingerprint density at radius 2 is 1.88 bits per heavy atom. The Morgan fingerprint density at radius 3 is 2.58 bits per heavy atom. The fourth-order valence-corrected chi connectivity index (χ4v) is 2.56. The van der Waals surface area contributed by atoms with Crippen LogP contribution in [0.25, 0.3) is 0 Å². The van der Waals surface area contributed by atoms with Crippen molar-refractivity contribution < 1.29 is 32.2 Å². The van der Waals surface area contributed by atoms with E-state index < -0.39 is 17.7 Å². The number of ether oxygens (including phenoxy) is 3. The summed E-state index contributed by atoms with van der Waals surface area (Å²) in [6.45, 7) is -0.0124. The molecule has 0 aromatic heterocycles. The molecule has 0 saturated heterocycles. The predicted molar refractivity (Wildman–Crippen MR) is 80.8 cm³/mol. The summed E-state index contributed by atoms with van der Waals surface area (Å²) in [4.78, 5) is 12.0. The van der Waals surface area contributed by atoms with Crippen LogP contribution in [0.4, 0.5) is 13.2 Å². The Hall–Kier alpha value is -2.22. The summed E-state index contributed by atoms with van der Waals surface area (Å²) in [6, 6.07) is 7.41. The third kappa shape index (κ3) is 3.48. The minimum Gasteiger partial charge on any atom is -0.457 e. The van der Waals surface area contributed by atoms with Gasteiger partial charge < -0.3 is 14.2 Å². The lowest BCUT2D eigenvalue weighted by Gasteiger charge is -2.10. The summed E-state index contributed by atoms with van der Waals surface area (Å²) in [6.07, 6.45) is -4.52. The Bertz CT molecular complexity index is 789. The zero-order valence-corrected chi connectivity index (χ0v) is 13.6. The van der Waals surface area contributed by atoms with Gasteiger partial charge in [-0.3, -0.25) is 0 Å². The van der Waals surface area contributed by atoms with Gasteiger partial charge in [0.05, 0.1) is 11.1 Å². The smallest absolute Gasteiger partial charge is 0.416 e. The van der Waals surface area contributed by atoms with E-state index in [0.717, 1.165) is 18.2 Å². The summed E-state index contributed by atoms with van der Waals surface area (Å²) < 4.78 is 54.2. The van der Waals surface area contributed by atoms with Gasteiger partial charge in [0, 0.05) is 10.0 Å². The number of fused-ring (bicyclic) bond motifs is 1. The van der Waals surface area contributed by atoms with Crippen LogP contribution in [0.2, 0.25) is 0 Å².